The van der Waals surface area contributed by atoms with Gasteiger partial charge in [-0.3, -0.25) is 19.4 Å². The maximum absolute atomic E-state index is 13.4. The molecule has 9 heteroatoms. The lowest BCUT2D eigenvalue weighted by Gasteiger charge is -2.36. The van der Waals surface area contributed by atoms with Crippen LogP contribution in [0.5, 0.6) is 5.75 Å². The van der Waals surface area contributed by atoms with E-state index in [1.807, 2.05) is 36.9 Å². The number of fused-ring (bicyclic) bond motifs is 1. The number of benzene rings is 1. The average Bonchev–Trinajstić information content (AvgIpc) is 3.74. The molecule has 2 aliphatic rings. The number of ether oxygens (including phenoxy) is 2. The van der Waals surface area contributed by atoms with Crippen molar-refractivity contribution >= 4 is 23.4 Å². The van der Waals surface area contributed by atoms with Crippen LogP contribution in [0, 0.1) is 11.8 Å². The van der Waals surface area contributed by atoms with Crippen LogP contribution in [-0.4, -0.2) is 78.5 Å². The smallest absolute Gasteiger partial charge is 0.257 e. The van der Waals surface area contributed by atoms with Crippen LogP contribution in [0.15, 0.2) is 42.6 Å². The predicted octanol–water partition coefficient (Wildman–Crippen LogP) is 3.01. The van der Waals surface area contributed by atoms with Crippen molar-refractivity contribution in [3.05, 3.63) is 53.9 Å². The third-order valence-electron chi connectivity index (χ3n) is 7.04. The lowest BCUT2D eigenvalue weighted by Crippen LogP contribution is -2.49. The lowest BCUT2D eigenvalue weighted by atomic mass is 10.0. The van der Waals surface area contributed by atoms with E-state index in [4.69, 9.17) is 9.47 Å². The zero-order valence-corrected chi connectivity index (χ0v) is 22.0. The van der Waals surface area contributed by atoms with Crippen LogP contribution in [0.3, 0.4) is 0 Å². The van der Waals surface area contributed by atoms with E-state index in [1.54, 1.807) is 43.5 Å². The molecule has 9 nitrogen and oxygen atoms in total. The van der Waals surface area contributed by atoms with Crippen LogP contribution in [0.4, 0.5) is 5.69 Å². The summed E-state index contributed by atoms with van der Waals surface area (Å²) in [6, 6.07) is 10.3. The highest BCUT2D eigenvalue weighted by Crippen LogP contribution is 2.32. The van der Waals surface area contributed by atoms with Crippen LogP contribution >= 0.6 is 0 Å². The summed E-state index contributed by atoms with van der Waals surface area (Å²) in [5.74, 6) is 0.130. The highest BCUT2D eigenvalue weighted by molar-refractivity contribution is 5.99. The molecule has 1 aliphatic carbocycles. The Morgan fingerprint density at radius 3 is 2.62 bits per heavy atom. The number of likely N-dealkylation sites (N-methyl/N-ethyl adjacent to an activating group) is 1. The Morgan fingerprint density at radius 2 is 1.95 bits per heavy atom. The number of nitrogens with zero attached hydrogens (tertiary/aromatic N) is 3. The van der Waals surface area contributed by atoms with Gasteiger partial charge in [0.25, 0.3) is 5.91 Å². The number of aromatic nitrogens is 1. The van der Waals surface area contributed by atoms with E-state index in [2.05, 4.69) is 10.3 Å². The van der Waals surface area contributed by atoms with E-state index in [-0.39, 0.29) is 54.7 Å². The first-order valence-electron chi connectivity index (χ1n) is 12.8. The first-order valence-corrected chi connectivity index (χ1v) is 12.8. The molecule has 37 heavy (non-hydrogen) atoms. The zero-order chi connectivity index (χ0) is 26.5. The van der Waals surface area contributed by atoms with Gasteiger partial charge in [-0.25, -0.2) is 0 Å². The van der Waals surface area contributed by atoms with Crippen molar-refractivity contribution in [2.45, 2.75) is 45.3 Å². The van der Waals surface area contributed by atoms with Gasteiger partial charge in [0.05, 0.1) is 24.1 Å². The van der Waals surface area contributed by atoms with E-state index < -0.39 is 0 Å². The molecule has 1 aromatic heterocycles. The van der Waals surface area contributed by atoms with Gasteiger partial charge < -0.3 is 24.6 Å². The molecule has 3 atom stereocenters. The Morgan fingerprint density at radius 1 is 1.16 bits per heavy atom. The number of carbonyl (C=O) groups excluding carboxylic acids is 3. The van der Waals surface area contributed by atoms with Gasteiger partial charge in [0.1, 0.15) is 12.4 Å². The molecule has 2 aromatic rings. The van der Waals surface area contributed by atoms with Crippen molar-refractivity contribution in [1.29, 1.82) is 0 Å². The SMILES string of the molecule is CO[C@H]1CN(C)C(=O)c2ccc(NC(=O)C3CC3)cc2OC[C@@H](C)N(C(=O)Cc2ccccn2)C[C@H]1C. The zero-order valence-electron chi connectivity index (χ0n) is 22.0. The molecule has 0 bridgehead atoms. The van der Waals surface area contributed by atoms with Crippen LogP contribution in [0.2, 0.25) is 0 Å². The third-order valence-corrected chi connectivity index (χ3v) is 7.04. The molecule has 198 valence electrons. The fraction of sp³-hybridized carbons (Fsp3) is 0.500. The van der Waals surface area contributed by atoms with E-state index in [0.717, 1.165) is 12.8 Å². The summed E-state index contributed by atoms with van der Waals surface area (Å²) in [6.45, 7) is 4.94. The molecule has 0 saturated heterocycles. The number of nitrogens with one attached hydrogen (secondary N) is 1. The summed E-state index contributed by atoms with van der Waals surface area (Å²) in [6.07, 6.45) is 3.39. The minimum absolute atomic E-state index is 0.0202. The second kappa shape index (κ2) is 11.7. The largest absolute Gasteiger partial charge is 0.491 e. The van der Waals surface area contributed by atoms with Gasteiger partial charge in [-0.1, -0.05) is 13.0 Å². The number of rotatable bonds is 5. The Balaban J connectivity index is 1.62. The first kappa shape index (κ1) is 26.6. The topological polar surface area (TPSA) is 101 Å². The van der Waals surface area contributed by atoms with Crippen molar-refractivity contribution in [3.63, 3.8) is 0 Å². The highest BCUT2D eigenvalue weighted by atomic mass is 16.5. The van der Waals surface area contributed by atoms with E-state index in [0.29, 0.717) is 35.8 Å². The minimum atomic E-state index is -0.277. The number of pyridine rings is 1. The van der Waals surface area contributed by atoms with E-state index in [1.165, 1.54) is 0 Å². The molecule has 1 aliphatic heterocycles. The van der Waals surface area contributed by atoms with Gasteiger partial charge >= 0.3 is 0 Å². The fourth-order valence-electron chi connectivity index (χ4n) is 4.55. The number of hydrogen-bond donors (Lipinski definition) is 1. The summed E-state index contributed by atoms with van der Waals surface area (Å²) in [5.41, 5.74) is 1.68. The van der Waals surface area contributed by atoms with E-state index >= 15 is 0 Å². The van der Waals surface area contributed by atoms with Gasteiger partial charge in [-0.15, -0.1) is 0 Å². The number of hydrogen-bond acceptors (Lipinski definition) is 6. The summed E-state index contributed by atoms with van der Waals surface area (Å²) in [4.78, 5) is 46.8. The monoisotopic (exact) mass is 508 g/mol. The first-order chi connectivity index (χ1) is 17.8. The molecule has 0 unspecified atom stereocenters. The lowest BCUT2D eigenvalue weighted by molar-refractivity contribution is -0.134. The van der Waals surface area contributed by atoms with Crippen LogP contribution in [0.25, 0.3) is 0 Å². The molecule has 1 fully saturated rings. The molecule has 1 aromatic carbocycles. The Bertz CT molecular complexity index is 1120. The summed E-state index contributed by atoms with van der Waals surface area (Å²) < 4.78 is 11.9. The van der Waals surface area contributed by atoms with Crippen LogP contribution in [0.1, 0.15) is 42.7 Å². The highest BCUT2D eigenvalue weighted by Gasteiger charge is 2.32. The molecule has 4 rings (SSSR count). The Kier molecular flexibility index (Phi) is 8.43. The van der Waals surface area contributed by atoms with Crippen molar-refractivity contribution in [3.8, 4) is 5.75 Å². The molecule has 3 amide bonds. The van der Waals surface area contributed by atoms with E-state index in [9.17, 15) is 14.4 Å². The van der Waals surface area contributed by atoms with Gasteiger partial charge in [0.15, 0.2) is 0 Å². The molecular weight excluding hydrogens is 472 g/mol. The van der Waals surface area contributed by atoms with Crippen molar-refractivity contribution < 1.29 is 23.9 Å². The van der Waals surface area contributed by atoms with Crippen LogP contribution in [-0.2, 0) is 20.7 Å². The van der Waals surface area contributed by atoms with Gasteiger partial charge in [-0.2, -0.15) is 0 Å². The Hall–Kier alpha value is -3.46. The normalized spacial score (nSPS) is 22.8. The van der Waals surface area contributed by atoms with Crippen molar-refractivity contribution in [2.75, 3.05) is 39.2 Å². The van der Waals surface area contributed by atoms with Gasteiger partial charge in [-0.05, 0) is 44.0 Å². The number of amides is 3. The van der Waals surface area contributed by atoms with Gasteiger partial charge in [0, 0.05) is 62.7 Å². The number of methoxy groups -OCH3 is 1. The van der Waals surface area contributed by atoms with Crippen LogP contribution < -0.4 is 10.1 Å². The summed E-state index contributed by atoms with van der Waals surface area (Å²) in [7, 11) is 3.35. The fourth-order valence-corrected chi connectivity index (χ4v) is 4.55. The predicted molar refractivity (Wildman–Crippen MR) is 139 cm³/mol. The summed E-state index contributed by atoms with van der Waals surface area (Å²) >= 11 is 0. The standard InChI is InChI=1S/C28H36N4O5/c1-18-15-32(26(33)14-21-7-5-6-12-29-21)19(2)17-37-24-13-22(30-27(34)20-8-9-20)10-11-23(24)28(35)31(3)16-25(18)36-4/h5-7,10-13,18-20,25H,8-9,14-17H2,1-4H3,(H,30,34)/t18-,19-,25+/m1/s1. The number of carbonyl (C=O) groups is 3. The molecule has 0 spiro atoms. The second-order valence-corrected chi connectivity index (χ2v) is 10.1. The molecule has 2 heterocycles. The third kappa shape index (κ3) is 6.65. The maximum atomic E-state index is 13.4. The molecular formula is C28H36N4O5. The molecule has 1 saturated carbocycles. The number of anilines is 1. The van der Waals surface area contributed by atoms with Crippen molar-refractivity contribution in [2.24, 2.45) is 11.8 Å². The molecule has 1 N–H and O–H groups in total. The van der Waals surface area contributed by atoms with Gasteiger partial charge in [0.2, 0.25) is 11.8 Å². The summed E-state index contributed by atoms with van der Waals surface area (Å²) in [5, 5.41) is 2.92. The average molecular weight is 509 g/mol. The second-order valence-electron chi connectivity index (χ2n) is 10.1. The maximum Gasteiger partial charge on any atom is 0.257 e. The Labute approximate surface area is 218 Å². The quantitative estimate of drug-likeness (QED) is 0.666. The minimum Gasteiger partial charge on any atom is -0.491 e. The molecule has 0 radical (unpaired) electrons. The van der Waals surface area contributed by atoms with Crippen molar-refractivity contribution in [1.82, 2.24) is 14.8 Å².